The molecule has 0 heterocycles. The lowest BCUT2D eigenvalue weighted by Gasteiger charge is -1.89. The van der Waals surface area contributed by atoms with Crippen LogP contribution in [0.4, 0.5) is 4.39 Å². The number of benzene rings is 1. The van der Waals surface area contributed by atoms with Crippen LogP contribution in [0.2, 0.25) is 0 Å². The number of hydrogen-bond acceptors (Lipinski definition) is 2. The lowest BCUT2D eigenvalue weighted by atomic mass is 10.2. The van der Waals surface area contributed by atoms with Crippen molar-refractivity contribution < 1.29 is 9.49 Å². The molecule has 0 fully saturated rings. The number of nitrogens with zero attached hydrogens (tertiary/aromatic N) is 1. The van der Waals surface area contributed by atoms with Crippen molar-refractivity contribution in [1.82, 2.24) is 0 Å². The zero-order valence-electron chi connectivity index (χ0n) is 7.70. The molecule has 0 aliphatic rings. The molecular formula is C9H11FN3S+. The summed E-state index contributed by atoms with van der Waals surface area (Å²) in [6.45, 7) is 0. The van der Waals surface area contributed by atoms with Crippen molar-refractivity contribution in [3.63, 3.8) is 0 Å². The second-order valence-electron chi connectivity index (χ2n) is 2.45. The predicted octanol–water partition coefficient (Wildman–Crippen LogP) is -0.0821. The highest BCUT2D eigenvalue weighted by molar-refractivity contribution is 8.13. The lowest BCUT2D eigenvalue weighted by molar-refractivity contribution is -0.456. The number of hydrogen-bond donors (Lipinski definition) is 2. The minimum Gasteiger partial charge on any atom is -0.373 e. The van der Waals surface area contributed by atoms with E-state index in [0.29, 0.717) is 10.7 Å². The van der Waals surface area contributed by atoms with Gasteiger partial charge in [0, 0.05) is 5.10 Å². The van der Waals surface area contributed by atoms with Gasteiger partial charge in [-0.15, -0.1) is 5.10 Å². The molecule has 0 bridgehead atoms. The summed E-state index contributed by atoms with van der Waals surface area (Å²) >= 11 is 1.32. The van der Waals surface area contributed by atoms with Gasteiger partial charge in [-0.05, 0) is 18.4 Å². The summed E-state index contributed by atoms with van der Waals surface area (Å²) in [7, 11) is 0. The Balaban J connectivity index is 2.74. The van der Waals surface area contributed by atoms with Crippen LogP contribution >= 0.6 is 11.8 Å². The maximum atomic E-state index is 13.0. The molecule has 3 N–H and O–H groups in total. The molecule has 0 saturated heterocycles. The first-order valence-corrected chi connectivity index (χ1v) is 5.17. The van der Waals surface area contributed by atoms with Gasteiger partial charge in [0.05, 0.1) is 5.56 Å². The standard InChI is InChI=1S/C9H10FN3S/c1-14-9(11)13-12-6-7-4-2-3-5-8(7)10/h2-6H,1H3,(H2,11,13)/p+1. The molecule has 0 aliphatic heterocycles. The van der Waals surface area contributed by atoms with E-state index in [-0.39, 0.29) is 5.82 Å². The van der Waals surface area contributed by atoms with Crippen LogP contribution in [0, 0.1) is 5.82 Å². The zero-order chi connectivity index (χ0) is 10.4. The number of amidine groups is 1. The fourth-order valence-electron chi connectivity index (χ4n) is 0.803. The average Bonchev–Trinajstić information content (AvgIpc) is 2.20. The molecule has 1 aromatic rings. The average molecular weight is 212 g/mol. The first-order chi connectivity index (χ1) is 6.74. The quantitative estimate of drug-likeness (QED) is 0.409. The highest BCUT2D eigenvalue weighted by Crippen LogP contribution is 2.00. The van der Waals surface area contributed by atoms with Crippen molar-refractivity contribution in [3.8, 4) is 0 Å². The van der Waals surface area contributed by atoms with E-state index >= 15 is 0 Å². The van der Waals surface area contributed by atoms with Crippen LogP contribution in [-0.2, 0) is 0 Å². The Bertz CT molecular complexity index is 363. The van der Waals surface area contributed by atoms with E-state index in [1.165, 1.54) is 24.0 Å². The van der Waals surface area contributed by atoms with Gasteiger partial charge in [0.1, 0.15) is 5.82 Å². The van der Waals surface area contributed by atoms with Crippen molar-refractivity contribution in [2.24, 2.45) is 10.8 Å². The molecular weight excluding hydrogens is 201 g/mol. The van der Waals surface area contributed by atoms with E-state index in [9.17, 15) is 4.39 Å². The molecule has 0 aliphatic carbocycles. The van der Waals surface area contributed by atoms with Gasteiger partial charge in [-0.25, -0.2) is 4.39 Å². The summed E-state index contributed by atoms with van der Waals surface area (Å²) < 4.78 is 13.0. The third kappa shape index (κ3) is 3.18. The Hall–Kier alpha value is -1.36. The second-order valence-corrected chi connectivity index (χ2v) is 3.28. The number of rotatable bonds is 2. The minimum atomic E-state index is -0.294. The molecule has 1 aromatic carbocycles. The van der Waals surface area contributed by atoms with Crippen LogP contribution in [-0.4, -0.2) is 17.6 Å². The molecule has 5 heteroatoms. The van der Waals surface area contributed by atoms with Crippen LogP contribution in [0.1, 0.15) is 5.56 Å². The SMILES string of the molecule is CSC(N)=N[NH+]=Cc1ccccc1F. The van der Waals surface area contributed by atoms with E-state index in [4.69, 9.17) is 5.73 Å². The Labute approximate surface area is 85.9 Å². The highest BCUT2D eigenvalue weighted by atomic mass is 32.2. The summed E-state index contributed by atoms with van der Waals surface area (Å²) in [5.41, 5.74) is 5.86. The molecule has 0 amide bonds. The van der Waals surface area contributed by atoms with Crippen LogP contribution in [0.15, 0.2) is 29.4 Å². The van der Waals surface area contributed by atoms with Crippen molar-refractivity contribution in [2.45, 2.75) is 0 Å². The van der Waals surface area contributed by atoms with Gasteiger partial charge in [-0.3, -0.25) is 0 Å². The monoisotopic (exact) mass is 212 g/mol. The number of nitrogens with one attached hydrogen (secondary N) is 1. The van der Waals surface area contributed by atoms with Gasteiger partial charge in [-0.2, -0.15) is 0 Å². The number of hydrazone groups is 1. The Morgan fingerprint density at radius 3 is 2.93 bits per heavy atom. The van der Waals surface area contributed by atoms with Crippen LogP contribution in [0.3, 0.4) is 0 Å². The maximum absolute atomic E-state index is 13.0. The fraction of sp³-hybridized carbons (Fsp3) is 0.111. The Kier molecular flexibility index (Phi) is 4.12. The molecule has 0 radical (unpaired) electrons. The molecule has 74 valence electrons. The van der Waals surface area contributed by atoms with E-state index in [1.807, 2.05) is 6.26 Å². The highest BCUT2D eigenvalue weighted by Gasteiger charge is 1.98. The number of nitrogens with two attached hydrogens (primary N) is 1. The lowest BCUT2D eigenvalue weighted by Crippen LogP contribution is -2.62. The van der Waals surface area contributed by atoms with Crippen molar-refractivity contribution in [2.75, 3.05) is 6.26 Å². The number of halogens is 1. The summed E-state index contributed by atoms with van der Waals surface area (Å²) in [4.78, 5) is 0. The van der Waals surface area contributed by atoms with Crippen molar-refractivity contribution in [3.05, 3.63) is 35.6 Å². The molecule has 0 unspecified atom stereocenters. The van der Waals surface area contributed by atoms with Gasteiger partial charge >= 0.3 is 0 Å². The topological polar surface area (TPSA) is 52.3 Å². The first kappa shape index (κ1) is 10.7. The largest absolute Gasteiger partial charge is 0.373 e. The van der Waals surface area contributed by atoms with Crippen molar-refractivity contribution in [1.29, 1.82) is 0 Å². The first-order valence-electron chi connectivity index (χ1n) is 3.94. The fourth-order valence-corrected chi connectivity index (χ4v) is 0.947. The third-order valence-corrected chi connectivity index (χ3v) is 2.02. The summed E-state index contributed by atoms with van der Waals surface area (Å²) in [6.07, 6.45) is 3.27. The normalized spacial score (nSPS) is 12.3. The minimum absolute atomic E-state index is 0.294. The summed E-state index contributed by atoms with van der Waals surface area (Å²) in [5.74, 6) is -0.294. The van der Waals surface area contributed by atoms with Gasteiger partial charge in [0.25, 0.3) is 0 Å². The number of thioether (sulfide) groups is 1. The van der Waals surface area contributed by atoms with E-state index in [2.05, 4.69) is 10.2 Å². The molecule has 14 heavy (non-hydrogen) atoms. The molecule has 1 rings (SSSR count). The molecule has 0 aromatic heterocycles. The zero-order valence-corrected chi connectivity index (χ0v) is 8.51. The second kappa shape index (κ2) is 5.39. The maximum Gasteiger partial charge on any atom is 0.225 e. The van der Waals surface area contributed by atoms with Crippen LogP contribution < -0.4 is 10.8 Å². The van der Waals surface area contributed by atoms with Gasteiger partial charge in [0.2, 0.25) is 11.4 Å². The van der Waals surface area contributed by atoms with E-state index in [1.54, 1.807) is 18.2 Å². The molecule has 0 saturated carbocycles. The Morgan fingerprint density at radius 2 is 2.29 bits per heavy atom. The predicted molar refractivity (Wildman–Crippen MR) is 57.7 cm³/mol. The Morgan fingerprint density at radius 1 is 1.57 bits per heavy atom. The molecule has 3 nitrogen and oxygen atoms in total. The van der Waals surface area contributed by atoms with E-state index in [0.717, 1.165) is 0 Å². The third-order valence-electron chi connectivity index (χ3n) is 1.51. The van der Waals surface area contributed by atoms with Crippen molar-refractivity contribution >= 4 is 23.1 Å². The van der Waals surface area contributed by atoms with Gasteiger partial charge < -0.3 is 5.73 Å². The summed E-state index contributed by atoms with van der Waals surface area (Å²) in [6, 6.07) is 6.41. The van der Waals surface area contributed by atoms with Crippen LogP contribution in [0.5, 0.6) is 0 Å². The van der Waals surface area contributed by atoms with Crippen LogP contribution in [0.25, 0.3) is 0 Å². The molecule has 0 spiro atoms. The smallest absolute Gasteiger partial charge is 0.225 e. The summed E-state index contributed by atoms with van der Waals surface area (Å²) in [5, 5.41) is 6.74. The van der Waals surface area contributed by atoms with Gasteiger partial charge in [0.15, 0.2) is 0 Å². The van der Waals surface area contributed by atoms with Gasteiger partial charge in [-0.1, -0.05) is 23.9 Å². The molecule has 0 atom stereocenters. The van der Waals surface area contributed by atoms with E-state index < -0.39 is 0 Å².